The predicted octanol–water partition coefficient (Wildman–Crippen LogP) is 6.37. The third kappa shape index (κ3) is 6.62. The summed E-state index contributed by atoms with van der Waals surface area (Å²) in [5.74, 6) is -0.881. The van der Waals surface area contributed by atoms with E-state index in [1.54, 1.807) is 13.0 Å². The number of ether oxygens (including phenoxy) is 1. The number of aliphatic hydroxyl groups is 1. The van der Waals surface area contributed by atoms with Crippen molar-refractivity contribution in [1.29, 1.82) is 0 Å². The Labute approximate surface area is 243 Å². The molecule has 3 aromatic rings. The van der Waals surface area contributed by atoms with Crippen LogP contribution in [0.15, 0.2) is 48.7 Å². The fourth-order valence-corrected chi connectivity index (χ4v) is 5.08. The number of benzene rings is 2. The molecule has 2 heterocycles. The molecule has 4 rings (SSSR count). The molecule has 0 unspecified atom stereocenters. The molecule has 232 valence electrons. The zero-order chi connectivity index (χ0) is 31.9. The molecular formula is C30H30F7N3O3. The number of carbonyl (C=O) groups is 1. The predicted molar refractivity (Wildman–Crippen MR) is 146 cm³/mol. The van der Waals surface area contributed by atoms with Gasteiger partial charge in [-0.2, -0.15) is 26.3 Å². The van der Waals surface area contributed by atoms with E-state index in [1.807, 2.05) is 4.90 Å². The summed E-state index contributed by atoms with van der Waals surface area (Å²) in [6, 6.07) is 6.35. The molecule has 1 saturated heterocycles. The second-order valence-corrected chi connectivity index (χ2v) is 10.9. The first-order valence-corrected chi connectivity index (χ1v) is 13.2. The number of anilines is 2. The first-order valence-electron chi connectivity index (χ1n) is 13.2. The summed E-state index contributed by atoms with van der Waals surface area (Å²) in [5.41, 5.74) is -3.76. The number of likely N-dealkylation sites (N-methyl/N-ethyl adjacent to an activating group) is 1. The van der Waals surface area contributed by atoms with Crippen LogP contribution in [0.1, 0.15) is 36.1 Å². The maximum absolute atomic E-state index is 14.0. The van der Waals surface area contributed by atoms with Crippen molar-refractivity contribution in [2.24, 2.45) is 0 Å². The highest BCUT2D eigenvalue weighted by molar-refractivity contribution is 6.03. The molecule has 43 heavy (non-hydrogen) atoms. The number of rotatable bonds is 6. The molecule has 1 aromatic heterocycles. The lowest BCUT2D eigenvalue weighted by atomic mass is 9.81. The zero-order valence-electron chi connectivity index (χ0n) is 23.8. The highest BCUT2D eigenvalue weighted by Crippen LogP contribution is 2.41. The number of aryl methyl sites for hydroxylation is 1. The average molecular weight is 614 g/mol. The number of hydrogen-bond acceptors (Lipinski definition) is 5. The fourth-order valence-electron chi connectivity index (χ4n) is 5.08. The molecule has 13 heteroatoms. The van der Waals surface area contributed by atoms with E-state index in [2.05, 4.69) is 4.98 Å². The lowest BCUT2D eigenvalue weighted by molar-refractivity contribution is -0.143. The van der Waals surface area contributed by atoms with E-state index in [1.165, 1.54) is 45.3 Å². The van der Waals surface area contributed by atoms with Crippen LogP contribution in [-0.4, -0.2) is 55.5 Å². The van der Waals surface area contributed by atoms with Crippen LogP contribution in [0.25, 0.3) is 11.1 Å². The number of hydrogen-bond donors (Lipinski definition) is 1. The zero-order valence-corrected chi connectivity index (χ0v) is 23.8. The van der Waals surface area contributed by atoms with Crippen molar-refractivity contribution in [2.75, 3.05) is 43.2 Å². The van der Waals surface area contributed by atoms with Gasteiger partial charge in [-0.1, -0.05) is 6.07 Å². The minimum atomic E-state index is -5.08. The van der Waals surface area contributed by atoms with Gasteiger partial charge in [0.1, 0.15) is 11.6 Å². The van der Waals surface area contributed by atoms with E-state index in [-0.39, 0.29) is 25.0 Å². The third-order valence-electron chi connectivity index (χ3n) is 7.59. The molecule has 0 spiro atoms. The summed E-state index contributed by atoms with van der Waals surface area (Å²) in [4.78, 5) is 21.3. The molecule has 0 aliphatic carbocycles. The van der Waals surface area contributed by atoms with Crippen molar-refractivity contribution >= 4 is 17.4 Å². The van der Waals surface area contributed by atoms with Gasteiger partial charge in [0.15, 0.2) is 0 Å². The summed E-state index contributed by atoms with van der Waals surface area (Å²) < 4.78 is 101. The van der Waals surface area contributed by atoms with Gasteiger partial charge in [-0.15, -0.1) is 0 Å². The normalized spacial score (nSPS) is 16.4. The topological polar surface area (TPSA) is 65.9 Å². The van der Waals surface area contributed by atoms with Crippen LogP contribution in [0, 0.1) is 12.7 Å². The minimum Gasteiger partial charge on any atom is -0.394 e. The summed E-state index contributed by atoms with van der Waals surface area (Å²) >= 11 is 0. The molecule has 1 atom stereocenters. The van der Waals surface area contributed by atoms with Gasteiger partial charge in [0.05, 0.1) is 54.3 Å². The number of pyridine rings is 1. The quantitative estimate of drug-likeness (QED) is 0.328. The van der Waals surface area contributed by atoms with Crippen LogP contribution in [0.3, 0.4) is 0 Å². The maximum Gasteiger partial charge on any atom is 0.416 e. The van der Waals surface area contributed by atoms with Gasteiger partial charge in [0.2, 0.25) is 5.91 Å². The standard InChI is InChI=1S/C30H30F7N3O3/c1-17-9-21(31)5-6-23(17)24-13-26(40-7-8-43-16-22(40)15-41)38-14-25(24)39(4)27(42)28(2,3)18-10-19(29(32,33)34)12-20(11-18)30(35,36)37/h5-6,9-14,22,41H,7-8,15-16H2,1-4H3/t22-/m1/s1. The molecule has 1 aliphatic heterocycles. The maximum atomic E-state index is 14.0. The van der Waals surface area contributed by atoms with Crippen molar-refractivity contribution < 1.29 is 45.4 Å². The number of halogens is 7. The third-order valence-corrected chi connectivity index (χ3v) is 7.59. The van der Waals surface area contributed by atoms with Gasteiger partial charge < -0.3 is 19.6 Å². The number of nitrogens with zero attached hydrogens (tertiary/aromatic N) is 3. The second-order valence-electron chi connectivity index (χ2n) is 10.9. The Balaban J connectivity index is 1.83. The number of carbonyl (C=O) groups excluding carboxylic acids is 1. The van der Waals surface area contributed by atoms with Gasteiger partial charge in [0, 0.05) is 19.2 Å². The van der Waals surface area contributed by atoms with E-state index in [9.17, 15) is 40.6 Å². The van der Waals surface area contributed by atoms with E-state index in [4.69, 9.17) is 4.74 Å². The van der Waals surface area contributed by atoms with E-state index >= 15 is 0 Å². The average Bonchev–Trinajstić information content (AvgIpc) is 2.95. The van der Waals surface area contributed by atoms with Crippen LogP contribution in [0.5, 0.6) is 0 Å². The Morgan fingerprint density at radius 3 is 2.16 bits per heavy atom. The molecular weight excluding hydrogens is 583 g/mol. The Bertz CT molecular complexity index is 1470. The van der Waals surface area contributed by atoms with Crippen LogP contribution < -0.4 is 9.80 Å². The van der Waals surface area contributed by atoms with Crippen LogP contribution in [0.2, 0.25) is 0 Å². The molecule has 0 bridgehead atoms. The number of aromatic nitrogens is 1. The monoisotopic (exact) mass is 613 g/mol. The molecule has 2 aromatic carbocycles. The summed E-state index contributed by atoms with van der Waals surface area (Å²) in [6.45, 7) is 4.93. The summed E-state index contributed by atoms with van der Waals surface area (Å²) in [6.07, 6.45) is -8.81. The molecule has 1 aliphatic rings. The lowest BCUT2D eigenvalue weighted by Crippen LogP contribution is -2.48. The molecule has 1 N–H and O–H groups in total. The van der Waals surface area contributed by atoms with Crippen molar-refractivity contribution in [3.8, 4) is 11.1 Å². The first kappa shape index (κ1) is 32.2. The van der Waals surface area contributed by atoms with Crippen molar-refractivity contribution in [3.05, 3.63) is 76.7 Å². The van der Waals surface area contributed by atoms with Gasteiger partial charge in [-0.25, -0.2) is 9.37 Å². The first-order chi connectivity index (χ1) is 19.9. The van der Waals surface area contributed by atoms with Crippen molar-refractivity contribution in [2.45, 2.75) is 44.6 Å². The number of morpholine rings is 1. The lowest BCUT2D eigenvalue weighted by Gasteiger charge is -2.36. The Morgan fingerprint density at radius 1 is 1.00 bits per heavy atom. The van der Waals surface area contributed by atoms with Crippen molar-refractivity contribution in [1.82, 2.24) is 4.98 Å². The minimum absolute atomic E-state index is 0.0110. The smallest absolute Gasteiger partial charge is 0.394 e. The Morgan fingerprint density at radius 2 is 1.60 bits per heavy atom. The van der Waals surface area contributed by atoms with Crippen molar-refractivity contribution in [3.63, 3.8) is 0 Å². The van der Waals surface area contributed by atoms with E-state index < -0.39 is 52.2 Å². The van der Waals surface area contributed by atoms with Gasteiger partial charge in [-0.05, 0) is 73.9 Å². The SMILES string of the molecule is Cc1cc(F)ccc1-c1cc(N2CCOC[C@H]2CO)ncc1N(C)C(=O)C(C)(C)c1cc(C(F)(F)F)cc(C(F)(F)F)c1. The fraction of sp³-hybridized carbons (Fsp3) is 0.400. The molecule has 0 saturated carbocycles. The molecule has 6 nitrogen and oxygen atoms in total. The Hall–Kier alpha value is -3.71. The van der Waals surface area contributed by atoms with Crippen LogP contribution in [-0.2, 0) is 27.3 Å². The number of alkyl halides is 6. The largest absolute Gasteiger partial charge is 0.416 e. The molecule has 0 radical (unpaired) electrons. The van der Waals surface area contributed by atoms with Crippen LogP contribution in [0.4, 0.5) is 42.2 Å². The number of aliphatic hydroxyl groups excluding tert-OH is 1. The summed E-state index contributed by atoms with van der Waals surface area (Å²) in [7, 11) is 1.34. The van der Waals surface area contributed by atoms with Crippen LogP contribution >= 0.6 is 0 Å². The van der Waals surface area contributed by atoms with Gasteiger partial charge >= 0.3 is 12.4 Å². The highest BCUT2D eigenvalue weighted by atomic mass is 19.4. The van der Waals surface area contributed by atoms with Gasteiger partial charge in [-0.3, -0.25) is 4.79 Å². The van der Waals surface area contributed by atoms with E-state index in [0.29, 0.717) is 47.8 Å². The van der Waals surface area contributed by atoms with Gasteiger partial charge in [0.25, 0.3) is 0 Å². The Kier molecular flexibility index (Phi) is 8.81. The summed E-state index contributed by atoms with van der Waals surface area (Å²) in [5, 5.41) is 9.85. The number of amides is 1. The second kappa shape index (κ2) is 11.8. The highest BCUT2D eigenvalue weighted by Gasteiger charge is 2.41. The molecule has 1 amide bonds. The molecule has 1 fully saturated rings. The van der Waals surface area contributed by atoms with E-state index in [0.717, 1.165) is 4.90 Å².